The van der Waals surface area contributed by atoms with Crippen molar-refractivity contribution in [2.45, 2.75) is 13.3 Å². The Morgan fingerprint density at radius 3 is 2.67 bits per heavy atom. The second-order valence-corrected chi connectivity index (χ2v) is 4.37. The molecule has 18 heavy (non-hydrogen) atoms. The van der Waals surface area contributed by atoms with Gasteiger partial charge in [0.15, 0.2) is 0 Å². The molecule has 0 heterocycles. The molecule has 0 saturated heterocycles. The summed E-state index contributed by atoms with van der Waals surface area (Å²) >= 11 is 5.97. The highest BCUT2D eigenvalue weighted by Gasteiger charge is 1.98. The first-order valence-corrected chi connectivity index (χ1v) is 6.30. The molecule has 0 atom stereocenters. The second kappa shape index (κ2) is 6.22. The van der Waals surface area contributed by atoms with Crippen LogP contribution in [0.3, 0.4) is 0 Å². The van der Waals surface area contributed by atoms with Gasteiger partial charge in [-0.25, -0.2) is 0 Å². The van der Waals surface area contributed by atoms with Gasteiger partial charge in [0, 0.05) is 5.02 Å². The maximum absolute atomic E-state index is 5.97. The molecule has 0 amide bonds. The monoisotopic (exact) mass is 258 g/mol. The number of halogens is 1. The van der Waals surface area contributed by atoms with Crippen LogP contribution in [-0.2, 0) is 6.42 Å². The lowest BCUT2D eigenvalue weighted by Crippen LogP contribution is -1.94. The second-order valence-electron chi connectivity index (χ2n) is 3.93. The molecule has 0 bridgehead atoms. The van der Waals surface area contributed by atoms with Crippen LogP contribution >= 0.6 is 11.6 Å². The van der Waals surface area contributed by atoms with Gasteiger partial charge in [0.2, 0.25) is 0 Å². The van der Waals surface area contributed by atoms with E-state index in [9.17, 15) is 0 Å². The first kappa shape index (κ1) is 12.7. The van der Waals surface area contributed by atoms with Gasteiger partial charge < -0.3 is 0 Å². The number of benzene rings is 2. The van der Waals surface area contributed by atoms with Crippen LogP contribution in [0.25, 0.3) is 0 Å². The van der Waals surface area contributed by atoms with E-state index in [1.54, 1.807) is 0 Å². The molecule has 3 heteroatoms. The van der Waals surface area contributed by atoms with Crippen molar-refractivity contribution in [3.63, 3.8) is 0 Å². The van der Waals surface area contributed by atoms with Gasteiger partial charge in [-0.05, 0) is 41.8 Å². The van der Waals surface area contributed by atoms with Crippen molar-refractivity contribution in [3.05, 3.63) is 64.7 Å². The molecule has 1 N–H and O–H groups in total. The Morgan fingerprint density at radius 1 is 1.17 bits per heavy atom. The predicted molar refractivity (Wildman–Crippen MR) is 78.5 cm³/mol. The normalized spacial score (nSPS) is 10.8. The van der Waals surface area contributed by atoms with E-state index in [1.807, 2.05) is 54.7 Å². The quantitative estimate of drug-likeness (QED) is 0.640. The Morgan fingerprint density at radius 2 is 1.94 bits per heavy atom. The fourth-order valence-corrected chi connectivity index (χ4v) is 1.89. The molecule has 2 aromatic rings. The number of nitrogens with zero attached hydrogens (tertiary/aromatic N) is 1. The maximum Gasteiger partial charge on any atom is 0.0561 e. The Bertz CT molecular complexity index is 535. The number of nitrogens with one attached hydrogen (secondary N) is 1. The van der Waals surface area contributed by atoms with Crippen molar-refractivity contribution in [1.29, 1.82) is 0 Å². The van der Waals surface area contributed by atoms with Crippen LogP contribution in [0, 0.1) is 0 Å². The molecular weight excluding hydrogens is 244 g/mol. The first-order chi connectivity index (χ1) is 8.79. The zero-order chi connectivity index (χ0) is 12.8. The van der Waals surface area contributed by atoms with Crippen molar-refractivity contribution in [1.82, 2.24) is 0 Å². The molecule has 0 aliphatic carbocycles. The Hall–Kier alpha value is -1.80. The van der Waals surface area contributed by atoms with E-state index >= 15 is 0 Å². The average molecular weight is 259 g/mol. The molecule has 2 rings (SSSR count). The van der Waals surface area contributed by atoms with Crippen LogP contribution in [0.1, 0.15) is 18.1 Å². The van der Waals surface area contributed by atoms with E-state index in [1.165, 1.54) is 5.56 Å². The van der Waals surface area contributed by atoms with Gasteiger partial charge in [-0.2, -0.15) is 5.10 Å². The summed E-state index contributed by atoms with van der Waals surface area (Å²) in [7, 11) is 0. The molecule has 0 aromatic heterocycles. The van der Waals surface area contributed by atoms with Gasteiger partial charge in [0.1, 0.15) is 0 Å². The summed E-state index contributed by atoms with van der Waals surface area (Å²) in [5.74, 6) is 0. The Kier molecular flexibility index (Phi) is 4.37. The lowest BCUT2D eigenvalue weighted by Gasteiger charge is -2.04. The highest BCUT2D eigenvalue weighted by molar-refractivity contribution is 6.30. The average Bonchev–Trinajstić information content (AvgIpc) is 2.41. The Labute approximate surface area is 112 Å². The van der Waals surface area contributed by atoms with Crippen molar-refractivity contribution in [2.24, 2.45) is 5.10 Å². The largest absolute Gasteiger partial charge is 0.279 e. The minimum Gasteiger partial charge on any atom is -0.279 e. The molecule has 2 nitrogen and oxygen atoms in total. The number of anilines is 1. The smallest absolute Gasteiger partial charge is 0.0561 e. The lowest BCUT2D eigenvalue weighted by atomic mass is 10.1. The van der Waals surface area contributed by atoms with E-state index in [0.717, 1.165) is 22.7 Å². The third-order valence-corrected chi connectivity index (χ3v) is 2.89. The summed E-state index contributed by atoms with van der Waals surface area (Å²) in [4.78, 5) is 0. The van der Waals surface area contributed by atoms with Crippen molar-refractivity contribution < 1.29 is 0 Å². The SMILES string of the molecule is CCc1cc(Cl)ccc1C=NNc1ccccc1. The fraction of sp³-hybridized carbons (Fsp3) is 0.133. The highest BCUT2D eigenvalue weighted by atomic mass is 35.5. The molecule has 0 aliphatic rings. The minimum atomic E-state index is 0.764. The molecule has 0 saturated carbocycles. The lowest BCUT2D eigenvalue weighted by molar-refractivity contribution is 1.13. The van der Waals surface area contributed by atoms with Gasteiger partial charge in [0.05, 0.1) is 11.9 Å². The van der Waals surface area contributed by atoms with Crippen LogP contribution in [0.5, 0.6) is 0 Å². The first-order valence-electron chi connectivity index (χ1n) is 5.92. The highest BCUT2D eigenvalue weighted by Crippen LogP contribution is 2.15. The van der Waals surface area contributed by atoms with Crippen molar-refractivity contribution in [2.75, 3.05) is 5.43 Å². The molecule has 0 radical (unpaired) electrons. The van der Waals surface area contributed by atoms with Crippen LogP contribution in [0.15, 0.2) is 53.6 Å². The maximum atomic E-state index is 5.97. The summed E-state index contributed by atoms with van der Waals surface area (Å²) in [5.41, 5.74) is 6.25. The number of hydrogen-bond donors (Lipinski definition) is 1. The summed E-state index contributed by atoms with van der Waals surface area (Å²) in [6.07, 6.45) is 2.76. The number of para-hydroxylation sites is 1. The van der Waals surface area contributed by atoms with Crippen LogP contribution in [-0.4, -0.2) is 6.21 Å². The molecule has 92 valence electrons. The van der Waals surface area contributed by atoms with E-state index in [-0.39, 0.29) is 0 Å². The van der Waals surface area contributed by atoms with Gasteiger partial charge in [0.25, 0.3) is 0 Å². The third-order valence-electron chi connectivity index (χ3n) is 2.66. The van der Waals surface area contributed by atoms with Gasteiger partial charge in [-0.15, -0.1) is 0 Å². The van der Waals surface area contributed by atoms with Crippen LogP contribution < -0.4 is 5.43 Å². The number of hydrazone groups is 1. The molecule has 0 spiro atoms. The zero-order valence-corrected chi connectivity index (χ0v) is 11.0. The summed E-state index contributed by atoms with van der Waals surface area (Å²) in [6, 6.07) is 15.7. The van der Waals surface area contributed by atoms with Crippen molar-refractivity contribution in [3.8, 4) is 0 Å². The molecule has 2 aromatic carbocycles. The number of rotatable bonds is 4. The number of hydrogen-bond acceptors (Lipinski definition) is 2. The van der Waals surface area contributed by atoms with Crippen molar-refractivity contribution >= 4 is 23.5 Å². The van der Waals surface area contributed by atoms with E-state index in [4.69, 9.17) is 11.6 Å². The Balaban J connectivity index is 2.09. The minimum absolute atomic E-state index is 0.764. The van der Waals surface area contributed by atoms with E-state index < -0.39 is 0 Å². The fourth-order valence-electron chi connectivity index (χ4n) is 1.70. The summed E-state index contributed by atoms with van der Waals surface area (Å²) in [6.45, 7) is 2.10. The summed E-state index contributed by atoms with van der Waals surface area (Å²) < 4.78 is 0. The molecule has 0 aliphatic heterocycles. The van der Waals surface area contributed by atoms with E-state index in [2.05, 4.69) is 17.5 Å². The summed E-state index contributed by atoms with van der Waals surface area (Å²) in [5, 5.41) is 5.00. The van der Waals surface area contributed by atoms with Crippen LogP contribution in [0.4, 0.5) is 5.69 Å². The molecular formula is C15H15ClN2. The topological polar surface area (TPSA) is 24.4 Å². The van der Waals surface area contributed by atoms with Crippen LogP contribution in [0.2, 0.25) is 5.02 Å². The van der Waals surface area contributed by atoms with E-state index in [0.29, 0.717) is 0 Å². The zero-order valence-electron chi connectivity index (χ0n) is 10.2. The van der Waals surface area contributed by atoms with Gasteiger partial charge in [-0.3, -0.25) is 5.43 Å². The molecule has 0 unspecified atom stereocenters. The number of aryl methyl sites for hydroxylation is 1. The van der Waals surface area contributed by atoms with Gasteiger partial charge in [-0.1, -0.05) is 42.8 Å². The predicted octanol–water partition coefficient (Wildman–Crippen LogP) is 4.35. The third kappa shape index (κ3) is 3.34. The standard InChI is InChI=1S/C15H15ClN2/c1-2-12-10-14(16)9-8-13(12)11-17-18-15-6-4-3-5-7-15/h3-11,18H,2H2,1H3. The molecule has 0 fully saturated rings. The van der Waals surface area contributed by atoms with Gasteiger partial charge >= 0.3 is 0 Å².